The topological polar surface area (TPSA) is 46.3 Å². The highest BCUT2D eigenvalue weighted by Crippen LogP contribution is 2.48. The molecule has 2 unspecified atom stereocenters. The zero-order valence-corrected chi connectivity index (χ0v) is 19.9. The van der Waals surface area contributed by atoms with Crippen molar-refractivity contribution in [1.29, 1.82) is 0 Å². The maximum Gasteiger partial charge on any atom is 0.345 e. The second-order valence-corrected chi connectivity index (χ2v) is 9.88. The Kier molecular flexibility index (Phi) is 4.98. The summed E-state index contributed by atoms with van der Waals surface area (Å²) in [5.41, 5.74) is 7.97. The van der Waals surface area contributed by atoms with E-state index in [4.69, 9.17) is 4.42 Å². The fraction of sp³-hybridized carbons (Fsp3) is 0.188. The van der Waals surface area contributed by atoms with E-state index in [0.717, 1.165) is 42.5 Å². The van der Waals surface area contributed by atoms with E-state index in [1.165, 1.54) is 22.4 Å². The number of nitrogens with zero attached hydrogens (tertiary/aromatic N) is 2. The average molecular weight is 471 g/mol. The molecule has 0 bridgehead atoms. The van der Waals surface area contributed by atoms with E-state index in [1.807, 2.05) is 24.3 Å². The monoisotopic (exact) mass is 470 g/mol. The molecule has 0 saturated carbocycles. The zero-order chi connectivity index (χ0) is 24.1. The van der Waals surface area contributed by atoms with Crippen LogP contribution in [0.25, 0.3) is 22.2 Å². The number of rotatable bonds is 3. The Hall–Kier alpha value is -4.18. The molecule has 0 amide bonds. The van der Waals surface area contributed by atoms with E-state index < -0.39 is 0 Å². The molecule has 5 aromatic rings. The van der Waals surface area contributed by atoms with Crippen molar-refractivity contribution in [2.24, 2.45) is 0 Å². The quantitative estimate of drug-likeness (QED) is 0.281. The molecule has 3 aromatic carbocycles. The molecule has 4 heterocycles. The van der Waals surface area contributed by atoms with Crippen LogP contribution in [0.1, 0.15) is 40.5 Å². The van der Waals surface area contributed by atoms with Crippen LogP contribution >= 0.6 is 0 Å². The SMILES string of the molecule is O=c1oc2c3c4c(cc2cc1-c1ccccn1)C(c1ccccc1)CCN4CC(c1ccccc1)C3. The summed E-state index contributed by atoms with van der Waals surface area (Å²) >= 11 is 0. The first-order valence-electron chi connectivity index (χ1n) is 12.7. The van der Waals surface area contributed by atoms with Gasteiger partial charge in [0.1, 0.15) is 5.58 Å². The van der Waals surface area contributed by atoms with Gasteiger partial charge in [0.15, 0.2) is 0 Å². The molecular formula is C32H26N2O2. The van der Waals surface area contributed by atoms with E-state index in [2.05, 4.69) is 76.6 Å². The van der Waals surface area contributed by atoms with Gasteiger partial charge in [0.05, 0.1) is 11.3 Å². The number of aromatic nitrogens is 1. The van der Waals surface area contributed by atoms with Crippen molar-refractivity contribution in [3.8, 4) is 11.3 Å². The smallest absolute Gasteiger partial charge is 0.345 e. The molecular weight excluding hydrogens is 444 g/mol. The van der Waals surface area contributed by atoms with Gasteiger partial charge in [0.2, 0.25) is 0 Å². The number of fused-ring (bicyclic) bond motifs is 2. The Morgan fingerprint density at radius 1 is 0.861 bits per heavy atom. The van der Waals surface area contributed by atoms with Crippen LogP contribution in [0.5, 0.6) is 0 Å². The van der Waals surface area contributed by atoms with Crippen molar-refractivity contribution in [3.05, 3.63) is 130 Å². The van der Waals surface area contributed by atoms with E-state index in [1.54, 1.807) is 6.20 Å². The second-order valence-electron chi connectivity index (χ2n) is 9.88. The first-order chi connectivity index (χ1) is 17.8. The highest BCUT2D eigenvalue weighted by molar-refractivity contribution is 5.91. The van der Waals surface area contributed by atoms with Crippen LogP contribution < -0.4 is 10.5 Å². The van der Waals surface area contributed by atoms with Crippen LogP contribution in [0.15, 0.2) is 106 Å². The lowest BCUT2D eigenvalue weighted by atomic mass is 9.77. The van der Waals surface area contributed by atoms with E-state index in [9.17, 15) is 4.79 Å². The van der Waals surface area contributed by atoms with Crippen LogP contribution in [0.4, 0.5) is 5.69 Å². The first kappa shape index (κ1) is 21.1. The Balaban J connectivity index is 1.47. The molecule has 4 heteroatoms. The van der Waals surface area contributed by atoms with Gasteiger partial charge in [-0.15, -0.1) is 0 Å². The summed E-state index contributed by atoms with van der Waals surface area (Å²) < 4.78 is 6.12. The average Bonchev–Trinajstić information content (AvgIpc) is 2.94. The van der Waals surface area contributed by atoms with Crippen molar-refractivity contribution in [1.82, 2.24) is 4.98 Å². The molecule has 0 saturated heterocycles. The molecule has 0 spiro atoms. The van der Waals surface area contributed by atoms with Crippen molar-refractivity contribution in [2.75, 3.05) is 18.0 Å². The van der Waals surface area contributed by atoms with Crippen molar-refractivity contribution in [3.63, 3.8) is 0 Å². The lowest BCUT2D eigenvalue weighted by Crippen LogP contribution is -2.39. The maximum absolute atomic E-state index is 13.2. The zero-order valence-electron chi connectivity index (χ0n) is 19.9. The number of hydrogen-bond donors (Lipinski definition) is 0. The van der Waals surface area contributed by atoms with E-state index in [0.29, 0.717) is 23.1 Å². The van der Waals surface area contributed by atoms with Gasteiger partial charge in [-0.3, -0.25) is 4.98 Å². The largest absolute Gasteiger partial charge is 0.422 e. The van der Waals surface area contributed by atoms with Crippen LogP contribution in [-0.2, 0) is 6.42 Å². The molecule has 176 valence electrons. The molecule has 0 aliphatic carbocycles. The summed E-state index contributed by atoms with van der Waals surface area (Å²) in [4.78, 5) is 20.1. The number of anilines is 1. The van der Waals surface area contributed by atoms with Crippen LogP contribution in [0.2, 0.25) is 0 Å². The highest BCUT2D eigenvalue weighted by Gasteiger charge is 2.36. The molecule has 4 nitrogen and oxygen atoms in total. The van der Waals surface area contributed by atoms with E-state index >= 15 is 0 Å². The molecule has 0 N–H and O–H groups in total. The van der Waals surface area contributed by atoms with E-state index in [-0.39, 0.29) is 5.63 Å². The van der Waals surface area contributed by atoms with Crippen molar-refractivity contribution < 1.29 is 4.42 Å². The minimum atomic E-state index is -0.332. The third-order valence-corrected chi connectivity index (χ3v) is 7.81. The normalized spacial score (nSPS) is 18.7. The molecule has 0 fully saturated rings. The molecule has 0 radical (unpaired) electrons. The summed E-state index contributed by atoms with van der Waals surface area (Å²) in [5.74, 6) is 0.672. The van der Waals surface area contributed by atoms with Gasteiger partial charge < -0.3 is 9.32 Å². The molecule has 2 aliphatic rings. The summed E-state index contributed by atoms with van der Waals surface area (Å²) in [7, 11) is 0. The Morgan fingerprint density at radius 2 is 1.61 bits per heavy atom. The summed E-state index contributed by atoms with van der Waals surface area (Å²) in [6, 6.07) is 31.4. The van der Waals surface area contributed by atoms with Gasteiger partial charge in [-0.1, -0.05) is 66.7 Å². The third-order valence-electron chi connectivity index (χ3n) is 7.81. The second kappa shape index (κ2) is 8.49. The van der Waals surface area contributed by atoms with Gasteiger partial charge in [-0.25, -0.2) is 4.79 Å². The predicted octanol–water partition coefficient (Wildman–Crippen LogP) is 6.54. The van der Waals surface area contributed by atoms with Crippen molar-refractivity contribution in [2.45, 2.75) is 24.7 Å². The Bertz CT molecular complexity index is 1610. The highest BCUT2D eigenvalue weighted by atomic mass is 16.4. The Labute approximate surface area is 209 Å². The summed E-state index contributed by atoms with van der Waals surface area (Å²) in [5, 5.41) is 0.973. The van der Waals surface area contributed by atoms with Crippen LogP contribution in [0.3, 0.4) is 0 Å². The molecule has 2 atom stereocenters. The minimum absolute atomic E-state index is 0.319. The van der Waals surface area contributed by atoms with Gasteiger partial charge in [-0.2, -0.15) is 0 Å². The fourth-order valence-electron chi connectivity index (χ4n) is 6.17. The predicted molar refractivity (Wildman–Crippen MR) is 144 cm³/mol. The van der Waals surface area contributed by atoms with Gasteiger partial charge in [0, 0.05) is 47.8 Å². The lowest BCUT2D eigenvalue weighted by molar-refractivity contribution is 0.531. The maximum atomic E-state index is 13.2. The van der Waals surface area contributed by atoms with Gasteiger partial charge in [-0.05, 0) is 53.8 Å². The van der Waals surface area contributed by atoms with Crippen molar-refractivity contribution >= 4 is 16.7 Å². The fourth-order valence-corrected chi connectivity index (χ4v) is 6.17. The molecule has 2 aliphatic heterocycles. The molecule has 36 heavy (non-hydrogen) atoms. The van der Waals surface area contributed by atoms with Crippen LogP contribution in [0, 0.1) is 0 Å². The van der Waals surface area contributed by atoms with Gasteiger partial charge >= 0.3 is 5.63 Å². The third kappa shape index (κ3) is 3.44. The molecule has 7 rings (SSSR count). The molecule has 2 aromatic heterocycles. The Morgan fingerprint density at radius 3 is 2.36 bits per heavy atom. The standard InChI is InChI=1S/C32H26N2O2/c35-32-27(29-13-7-8-15-33-29)18-23-17-26-25(22-11-5-2-6-12-22)14-16-34-20-24(21-9-3-1-4-10-21)19-28(30(26)34)31(23)36-32/h1-13,15,17-18,24-25H,14,16,19-20H2. The number of pyridine rings is 1. The number of hydrogen-bond acceptors (Lipinski definition) is 4. The first-order valence-corrected chi connectivity index (χ1v) is 12.7. The van der Waals surface area contributed by atoms with Crippen LogP contribution in [-0.4, -0.2) is 18.1 Å². The lowest BCUT2D eigenvalue weighted by Gasteiger charge is -2.43. The number of benzene rings is 3. The van der Waals surface area contributed by atoms with Gasteiger partial charge in [0.25, 0.3) is 0 Å². The summed E-state index contributed by atoms with van der Waals surface area (Å²) in [6.07, 6.45) is 3.63. The summed E-state index contributed by atoms with van der Waals surface area (Å²) in [6.45, 7) is 1.97. The minimum Gasteiger partial charge on any atom is -0.422 e.